The molecule has 1 N–H and O–H groups in total. The van der Waals surface area contributed by atoms with E-state index in [-0.39, 0.29) is 23.4 Å². The molecule has 1 atom stereocenters. The maximum Gasteiger partial charge on any atom is 0.264 e. The number of hydrogen-bond donors (Lipinski definition) is 1. The zero-order valence-electron chi connectivity index (χ0n) is 21.2. The summed E-state index contributed by atoms with van der Waals surface area (Å²) in [5.41, 5.74) is 5.02. The number of benzene rings is 3. The number of amides is 1. The van der Waals surface area contributed by atoms with Crippen molar-refractivity contribution in [3.8, 4) is 5.75 Å². The van der Waals surface area contributed by atoms with Crippen molar-refractivity contribution in [1.82, 2.24) is 5.32 Å². The maximum absolute atomic E-state index is 13.7. The first-order valence-corrected chi connectivity index (χ1v) is 14.0. The van der Waals surface area contributed by atoms with Crippen LogP contribution in [0, 0.1) is 6.92 Å². The van der Waals surface area contributed by atoms with Gasteiger partial charge in [-0.2, -0.15) is 0 Å². The van der Waals surface area contributed by atoms with E-state index in [4.69, 9.17) is 4.74 Å². The van der Waals surface area contributed by atoms with E-state index in [9.17, 15) is 13.2 Å². The minimum Gasteiger partial charge on any atom is -0.492 e. The highest BCUT2D eigenvalue weighted by molar-refractivity contribution is 7.92. The lowest BCUT2D eigenvalue weighted by atomic mass is 9.89. The normalized spacial score (nSPS) is 14.0. The van der Waals surface area contributed by atoms with Crippen LogP contribution in [0.1, 0.15) is 55.0 Å². The van der Waals surface area contributed by atoms with Crippen LogP contribution in [0.4, 0.5) is 5.69 Å². The van der Waals surface area contributed by atoms with E-state index in [1.807, 2.05) is 20.8 Å². The Balaban J connectivity index is 1.61. The monoisotopic (exact) mass is 506 g/mol. The summed E-state index contributed by atoms with van der Waals surface area (Å²) in [7, 11) is -4.03. The summed E-state index contributed by atoms with van der Waals surface area (Å²) in [5, 5.41) is 3.00. The van der Waals surface area contributed by atoms with Crippen LogP contribution in [0.2, 0.25) is 0 Å². The van der Waals surface area contributed by atoms with Crippen molar-refractivity contribution in [2.24, 2.45) is 0 Å². The van der Waals surface area contributed by atoms with E-state index < -0.39 is 10.0 Å². The van der Waals surface area contributed by atoms with Gasteiger partial charge in [-0.3, -0.25) is 9.10 Å². The summed E-state index contributed by atoms with van der Waals surface area (Å²) < 4.78 is 34.3. The molecule has 7 heteroatoms. The molecule has 6 nitrogen and oxygen atoms in total. The van der Waals surface area contributed by atoms with Crippen LogP contribution in [0.3, 0.4) is 0 Å². The molecule has 3 aromatic carbocycles. The topological polar surface area (TPSA) is 75.7 Å². The van der Waals surface area contributed by atoms with Gasteiger partial charge in [0.1, 0.15) is 12.3 Å². The molecule has 1 aliphatic rings. The van der Waals surface area contributed by atoms with Crippen molar-refractivity contribution >= 4 is 21.6 Å². The largest absolute Gasteiger partial charge is 0.492 e. The molecule has 1 amide bonds. The number of sulfonamides is 1. The molecule has 1 aliphatic carbocycles. The first-order valence-electron chi connectivity index (χ1n) is 12.5. The zero-order chi connectivity index (χ0) is 25.7. The predicted octanol–water partition coefficient (Wildman–Crippen LogP) is 5.35. The summed E-state index contributed by atoms with van der Waals surface area (Å²) in [4.78, 5) is 13.4. The van der Waals surface area contributed by atoms with Crippen LogP contribution in [-0.2, 0) is 27.7 Å². The number of nitrogens with zero attached hydrogens (tertiary/aromatic N) is 1. The van der Waals surface area contributed by atoms with Gasteiger partial charge in [0.2, 0.25) is 5.91 Å². The second-order valence-electron chi connectivity index (χ2n) is 9.25. The Morgan fingerprint density at radius 2 is 1.69 bits per heavy atom. The fourth-order valence-corrected chi connectivity index (χ4v) is 6.03. The third-order valence-corrected chi connectivity index (χ3v) is 8.35. The molecule has 0 aromatic heterocycles. The number of hydrogen-bond acceptors (Lipinski definition) is 4. The van der Waals surface area contributed by atoms with Gasteiger partial charge in [0.05, 0.1) is 23.2 Å². The average Bonchev–Trinajstić information content (AvgIpc) is 2.88. The first-order chi connectivity index (χ1) is 17.3. The quantitative estimate of drug-likeness (QED) is 0.425. The third kappa shape index (κ3) is 5.73. The molecular formula is C29H34N2O4S. The van der Waals surface area contributed by atoms with Crippen molar-refractivity contribution in [3.63, 3.8) is 0 Å². The molecular weight excluding hydrogens is 472 g/mol. The lowest BCUT2D eigenvalue weighted by Crippen LogP contribution is -2.41. The second-order valence-corrected chi connectivity index (χ2v) is 11.1. The third-order valence-electron chi connectivity index (χ3n) is 6.58. The number of rotatable bonds is 9. The average molecular weight is 507 g/mol. The van der Waals surface area contributed by atoms with Gasteiger partial charge in [-0.1, -0.05) is 48.0 Å². The van der Waals surface area contributed by atoms with Crippen molar-refractivity contribution < 1.29 is 17.9 Å². The minimum absolute atomic E-state index is 0.120. The second kappa shape index (κ2) is 11.2. The van der Waals surface area contributed by atoms with E-state index in [0.29, 0.717) is 18.0 Å². The Morgan fingerprint density at radius 1 is 1.00 bits per heavy atom. The molecule has 0 spiro atoms. The molecule has 0 saturated heterocycles. The summed E-state index contributed by atoms with van der Waals surface area (Å²) in [6, 6.07) is 19.6. The molecule has 0 aliphatic heterocycles. The molecule has 190 valence electrons. The minimum atomic E-state index is -4.03. The SMILES string of the molecule is CCOc1ccccc1N(CC(=O)NC(C)c1ccc2c(c1)CCCC2)S(=O)(=O)c1ccc(C)cc1. The van der Waals surface area contributed by atoms with Gasteiger partial charge in [0.15, 0.2) is 0 Å². The molecule has 3 aromatic rings. The number of carbonyl (C=O) groups excluding carboxylic acids is 1. The van der Waals surface area contributed by atoms with Gasteiger partial charge < -0.3 is 10.1 Å². The van der Waals surface area contributed by atoms with E-state index in [2.05, 4.69) is 23.5 Å². The Morgan fingerprint density at radius 3 is 2.42 bits per heavy atom. The van der Waals surface area contributed by atoms with Crippen molar-refractivity contribution in [2.45, 2.75) is 57.4 Å². The van der Waals surface area contributed by atoms with Crippen LogP contribution in [0.25, 0.3) is 0 Å². The fraction of sp³-hybridized carbons (Fsp3) is 0.345. The highest BCUT2D eigenvalue weighted by Crippen LogP contribution is 2.33. The summed E-state index contributed by atoms with van der Waals surface area (Å²) in [6.07, 6.45) is 4.55. The lowest BCUT2D eigenvalue weighted by molar-refractivity contribution is -0.120. The fourth-order valence-electron chi connectivity index (χ4n) is 4.60. The van der Waals surface area contributed by atoms with Crippen LogP contribution in [0.15, 0.2) is 71.6 Å². The van der Waals surface area contributed by atoms with Gasteiger partial charge >= 0.3 is 0 Å². The van der Waals surface area contributed by atoms with Crippen molar-refractivity contribution in [1.29, 1.82) is 0 Å². The lowest BCUT2D eigenvalue weighted by Gasteiger charge is -2.27. The molecule has 1 unspecified atom stereocenters. The zero-order valence-corrected chi connectivity index (χ0v) is 22.0. The standard InChI is InChI=1S/C29H34N2O4S/c1-4-35-28-12-8-7-11-27(28)31(36(33,34)26-17-13-21(2)14-18-26)20-29(32)30-22(3)24-16-15-23-9-5-6-10-25(23)19-24/h7-8,11-19,22H,4-6,9-10,20H2,1-3H3,(H,30,32). The van der Waals surface area contributed by atoms with Crippen molar-refractivity contribution in [3.05, 3.63) is 89.0 Å². The van der Waals surface area contributed by atoms with Crippen molar-refractivity contribution in [2.75, 3.05) is 17.5 Å². The van der Waals surface area contributed by atoms with E-state index >= 15 is 0 Å². The Labute approximate surface area is 214 Å². The predicted molar refractivity (Wildman–Crippen MR) is 143 cm³/mol. The van der Waals surface area contributed by atoms with Crippen LogP contribution in [0.5, 0.6) is 5.75 Å². The summed E-state index contributed by atoms with van der Waals surface area (Å²) >= 11 is 0. The number of aryl methyl sites for hydroxylation is 3. The van der Waals surface area contributed by atoms with Gasteiger partial charge in [-0.15, -0.1) is 0 Å². The number of carbonyl (C=O) groups is 1. The Bertz CT molecular complexity index is 1320. The van der Waals surface area contributed by atoms with Crippen LogP contribution in [-0.4, -0.2) is 27.5 Å². The number of nitrogens with one attached hydrogen (secondary N) is 1. The highest BCUT2D eigenvalue weighted by Gasteiger charge is 2.30. The van der Waals surface area contributed by atoms with Gasteiger partial charge in [0.25, 0.3) is 10.0 Å². The molecule has 36 heavy (non-hydrogen) atoms. The van der Waals surface area contributed by atoms with Crippen LogP contribution < -0.4 is 14.4 Å². The molecule has 0 heterocycles. The van der Waals surface area contributed by atoms with Crippen LogP contribution >= 0.6 is 0 Å². The summed E-state index contributed by atoms with van der Waals surface area (Å²) in [5.74, 6) is 0.0217. The van der Waals surface area contributed by atoms with E-state index in [1.54, 1.807) is 48.5 Å². The molecule has 0 radical (unpaired) electrons. The van der Waals surface area contributed by atoms with Gasteiger partial charge in [-0.05, 0) is 87.4 Å². The molecule has 0 fully saturated rings. The molecule has 4 rings (SSSR count). The Kier molecular flexibility index (Phi) is 7.99. The first kappa shape index (κ1) is 25.8. The van der Waals surface area contributed by atoms with Gasteiger partial charge in [0, 0.05) is 0 Å². The smallest absolute Gasteiger partial charge is 0.264 e. The number of para-hydroxylation sites is 2. The van der Waals surface area contributed by atoms with Gasteiger partial charge in [-0.25, -0.2) is 8.42 Å². The molecule has 0 saturated carbocycles. The van der Waals surface area contributed by atoms with E-state index in [1.165, 1.54) is 24.0 Å². The molecule has 0 bridgehead atoms. The number of ether oxygens (including phenoxy) is 1. The number of fused-ring (bicyclic) bond motifs is 1. The number of anilines is 1. The highest BCUT2D eigenvalue weighted by atomic mass is 32.2. The van der Waals surface area contributed by atoms with E-state index in [0.717, 1.165) is 28.3 Å². The maximum atomic E-state index is 13.7. The Hall–Kier alpha value is -3.32. The summed E-state index contributed by atoms with van der Waals surface area (Å²) in [6.45, 7) is 5.67.